The van der Waals surface area contributed by atoms with Gasteiger partial charge in [0.1, 0.15) is 6.33 Å². The lowest BCUT2D eigenvalue weighted by Gasteiger charge is -2.24. The second-order valence-corrected chi connectivity index (χ2v) is 4.55. The van der Waals surface area contributed by atoms with Crippen LogP contribution >= 0.6 is 0 Å². The Morgan fingerprint density at radius 3 is 2.86 bits per heavy atom. The molecular formula is C12H10FN5O4. The Kier molecular flexibility index (Phi) is 2.91. The van der Waals surface area contributed by atoms with E-state index in [-0.39, 0.29) is 22.9 Å². The van der Waals surface area contributed by atoms with Crippen LogP contribution < -0.4 is 5.73 Å². The molecule has 1 aliphatic heterocycles. The normalized spacial score (nSPS) is 24.5. The fourth-order valence-electron chi connectivity index (χ4n) is 2.11. The van der Waals surface area contributed by atoms with Gasteiger partial charge >= 0.3 is 6.08 Å². The van der Waals surface area contributed by atoms with Gasteiger partial charge in [-0.05, 0) is 0 Å². The first-order valence-electron chi connectivity index (χ1n) is 5.99. The van der Waals surface area contributed by atoms with Crippen molar-refractivity contribution in [2.75, 3.05) is 12.3 Å². The van der Waals surface area contributed by atoms with Gasteiger partial charge in [-0.15, -0.1) is 6.42 Å². The predicted molar refractivity (Wildman–Crippen MR) is 71.3 cm³/mol. The maximum atomic E-state index is 13.3. The largest absolute Gasteiger partial charge is 0.505 e. The lowest BCUT2D eigenvalue weighted by atomic mass is 9.99. The van der Waals surface area contributed by atoms with Gasteiger partial charge in [0.05, 0.1) is 6.61 Å². The number of nitrogen functional groups attached to an aromatic ring is 1. The number of imidazole rings is 1. The Morgan fingerprint density at radius 1 is 1.55 bits per heavy atom. The zero-order chi connectivity index (χ0) is 16.1. The summed E-state index contributed by atoms with van der Waals surface area (Å²) in [6, 6.07) is 0. The molecular weight excluding hydrogens is 297 g/mol. The van der Waals surface area contributed by atoms with Crippen LogP contribution in [0, 0.1) is 18.4 Å². The number of hydrogen-bond acceptors (Lipinski definition) is 8. The highest BCUT2D eigenvalue weighted by molar-refractivity contribution is 5.83. The lowest BCUT2D eigenvalue weighted by Crippen LogP contribution is -2.43. The number of terminal acetylenes is 1. The number of nitrogens with two attached hydrogens (primary N) is 1. The third-order valence-corrected chi connectivity index (χ3v) is 3.29. The van der Waals surface area contributed by atoms with Crippen molar-refractivity contribution in [1.29, 1.82) is 0 Å². The Morgan fingerprint density at radius 2 is 2.27 bits per heavy atom. The van der Waals surface area contributed by atoms with E-state index in [9.17, 15) is 19.7 Å². The first-order valence-corrected chi connectivity index (χ1v) is 5.99. The van der Waals surface area contributed by atoms with Crippen LogP contribution in [0.25, 0.3) is 17.0 Å². The number of hydrogen-bond donors (Lipinski definition) is 4. The van der Waals surface area contributed by atoms with Crippen molar-refractivity contribution in [1.82, 2.24) is 19.5 Å². The van der Waals surface area contributed by atoms with E-state index in [0.29, 0.717) is 0 Å². The van der Waals surface area contributed by atoms with E-state index >= 15 is 0 Å². The molecule has 0 amide bonds. The van der Waals surface area contributed by atoms with E-state index < -0.39 is 30.1 Å². The molecule has 0 aliphatic carbocycles. The van der Waals surface area contributed by atoms with Gasteiger partial charge in [0.25, 0.3) is 0 Å². The monoisotopic (exact) mass is 307 g/mol. The average molecular weight is 307 g/mol. The highest BCUT2D eigenvalue weighted by Gasteiger charge is 2.49. The third-order valence-electron chi connectivity index (χ3n) is 3.29. The number of aliphatic hydroxyl groups is 3. The van der Waals surface area contributed by atoms with Crippen LogP contribution in [-0.2, 0) is 4.74 Å². The van der Waals surface area contributed by atoms with E-state index in [4.69, 9.17) is 16.9 Å². The fraction of sp³-hybridized carbons (Fsp3) is 0.250. The smallest absolute Gasteiger partial charge is 0.312 e. The summed E-state index contributed by atoms with van der Waals surface area (Å²) in [5.74, 6) is 0.894. The van der Waals surface area contributed by atoms with Crippen molar-refractivity contribution in [3.05, 3.63) is 18.2 Å². The summed E-state index contributed by atoms with van der Waals surface area (Å²) < 4.78 is 19.7. The maximum absolute atomic E-state index is 13.3. The summed E-state index contributed by atoms with van der Waals surface area (Å²) >= 11 is 0. The van der Waals surface area contributed by atoms with Gasteiger partial charge in [0, 0.05) is 0 Å². The van der Waals surface area contributed by atoms with E-state index in [0.717, 1.165) is 10.9 Å². The summed E-state index contributed by atoms with van der Waals surface area (Å²) in [6.45, 7) is -0.754. The third kappa shape index (κ3) is 1.70. The standard InChI is InChI=1S/C12H10FN5O4/c1-2-12(3-19)7(21)6(20)10(22-12)18-4-15-5-8(14)16-11(13)17-9(5)18/h1,4,7,19-21H,3H2,(H2,14,16,17)/t7?,12-/m1/s1. The first kappa shape index (κ1) is 14.1. The van der Waals surface area contributed by atoms with Gasteiger partial charge in [-0.3, -0.25) is 0 Å². The number of rotatable bonds is 2. The zero-order valence-corrected chi connectivity index (χ0v) is 10.9. The molecule has 0 aromatic carbocycles. The Labute approximate surface area is 122 Å². The highest BCUT2D eigenvalue weighted by Crippen LogP contribution is 2.36. The molecule has 22 heavy (non-hydrogen) atoms. The molecule has 3 heterocycles. The molecule has 0 fully saturated rings. The van der Waals surface area contributed by atoms with Crippen LogP contribution in [-0.4, -0.2) is 53.2 Å². The molecule has 9 nitrogen and oxygen atoms in total. The van der Waals surface area contributed by atoms with Crippen molar-refractivity contribution in [2.45, 2.75) is 11.7 Å². The Hall–Kier alpha value is -2.90. The van der Waals surface area contributed by atoms with Crippen molar-refractivity contribution < 1.29 is 24.4 Å². The van der Waals surface area contributed by atoms with Gasteiger partial charge in [-0.1, -0.05) is 5.92 Å². The number of anilines is 1. The molecule has 0 radical (unpaired) electrons. The van der Waals surface area contributed by atoms with E-state index in [1.165, 1.54) is 0 Å². The molecule has 0 saturated heterocycles. The van der Waals surface area contributed by atoms with Gasteiger partial charge in [-0.25, -0.2) is 9.55 Å². The number of aliphatic hydroxyl groups excluding tert-OH is 3. The average Bonchev–Trinajstić information content (AvgIpc) is 3.01. The summed E-state index contributed by atoms with van der Waals surface area (Å²) in [5.41, 5.74) is 3.65. The number of halogens is 1. The maximum Gasteiger partial charge on any atom is 0.312 e. The number of fused-ring (bicyclic) bond motifs is 1. The molecule has 2 atom stereocenters. The molecule has 0 bridgehead atoms. The molecule has 5 N–H and O–H groups in total. The zero-order valence-electron chi connectivity index (χ0n) is 10.9. The van der Waals surface area contributed by atoms with E-state index in [1.54, 1.807) is 0 Å². The topological polar surface area (TPSA) is 140 Å². The van der Waals surface area contributed by atoms with Crippen molar-refractivity contribution in [3.63, 3.8) is 0 Å². The summed E-state index contributed by atoms with van der Waals surface area (Å²) in [5, 5.41) is 29.3. The number of nitrogens with zero attached hydrogens (tertiary/aromatic N) is 4. The molecule has 0 saturated carbocycles. The minimum atomic E-state index is -1.85. The number of aromatic nitrogens is 4. The SMILES string of the molecule is C#C[C@]1(CO)OC(n2cnc3c(N)nc(F)nc32)=C(O)C1O. The van der Waals surface area contributed by atoms with E-state index in [1.807, 2.05) is 0 Å². The van der Waals surface area contributed by atoms with Crippen LogP contribution in [0.4, 0.5) is 10.2 Å². The van der Waals surface area contributed by atoms with Gasteiger partial charge < -0.3 is 25.8 Å². The van der Waals surface area contributed by atoms with Crippen molar-refractivity contribution >= 4 is 22.9 Å². The quantitative estimate of drug-likeness (QED) is 0.408. The van der Waals surface area contributed by atoms with Crippen LogP contribution in [0.2, 0.25) is 0 Å². The summed E-state index contributed by atoms with van der Waals surface area (Å²) in [4.78, 5) is 10.7. The van der Waals surface area contributed by atoms with Gasteiger partial charge in [-0.2, -0.15) is 14.4 Å². The molecule has 2 aromatic heterocycles. The van der Waals surface area contributed by atoms with Crippen LogP contribution in [0.5, 0.6) is 0 Å². The summed E-state index contributed by atoms with van der Waals surface area (Å²) in [6.07, 6.45) is 3.61. The molecule has 0 spiro atoms. The van der Waals surface area contributed by atoms with Crippen molar-refractivity contribution in [3.8, 4) is 12.3 Å². The molecule has 10 heteroatoms. The molecule has 3 rings (SSSR count). The fourth-order valence-corrected chi connectivity index (χ4v) is 2.11. The van der Waals surface area contributed by atoms with Crippen LogP contribution in [0.15, 0.2) is 12.1 Å². The van der Waals surface area contributed by atoms with Crippen LogP contribution in [0.3, 0.4) is 0 Å². The van der Waals surface area contributed by atoms with E-state index in [2.05, 4.69) is 20.9 Å². The molecule has 2 aromatic rings. The molecule has 1 unspecified atom stereocenters. The Bertz CT molecular complexity index is 842. The second-order valence-electron chi connectivity index (χ2n) is 4.55. The number of ether oxygens (including phenoxy) is 1. The highest BCUT2D eigenvalue weighted by atomic mass is 19.1. The lowest BCUT2D eigenvalue weighted by molar-refractivity contribution is -0.0355. The van der Waals surface area contributed by atoms with Gasteiger partial charge in [0.15, 0.2) is 28.8 Å². The predicted octanol–water partition coefficient (Wildman–Crippen LogP) is -1.01. The first-order chi connectivity index (χ1) is 10.4. The van der Waals surface area contributed by atoms with Gasteiger partial charge in [0.2, 0.25) is 11.5 Å². The van der Waals surface area contributed by atoms with Crippen LogP contribution in [0.1, 0.15) is 0 Å². The van der Waals surface area contributed by atoms with Crippen molar-refractivity contribution in [2.24, 2.45) is 0 Å². The minimum Gasteiger partial charge on any atom is -0.505 e. The summed E-state index contributed by atoms with van der Waals surface area (Å²) in [7, 11) is 0. The Balaban J connectivity index is 2.19. The molecule has 1 aliphatic rings. The second kappa shape index (κ2) is 4.55. The minimum absolute atomic E-state index is 0.0713. The molecule has 114 valence electrons.